The van der Waals surface area contributed by atoms with Gasteiger partial charge in [-0.2, -0.15) is 4.31 Å². The van der Waals surface area contributed by atoms with Gasteiger partial charge in [-0.25, -0.2) is 13.4 Å². The van der Waals surface area contributed by atoms with Gasteiger partial charge in [-0.3, -0.25) is 9.69 Å². The van der Waals surface area contributed by atoms with Crippen molar-refractivity contribution in [3.8, 4) is 0 Å². The Morgan fingerprint density at radius 3 is 2.13 bits per heavy atom. The number of anilines is 1. The molecule has 0 saturated carbocycles. The van der Waals surface area contributed by atoms with E-state index in [0.717, 1.165) is 28.9 Å². The molecule has 0 spiro atoms. The zero-order valence-electron chi connectivity index (χ0n) is 21.8. The number of hydrogen-bond donors (Lipinski definition) is 0. The van der Waals surface area contributed by atoms with Crippen molar-refractivity contribution in [2.75, 3.05) is 38.1 Å². The van der Waals surface area contributed by atoms with Crippen LogP contribution >= 0.6 is 23.7 Å². The lowest BCUT2D eigenvalue weighted by Gasteiger charge is -2.25. The number of carbonyl (C=O) groups excluding carboxylic acids is 1. The SMILES string of the molecule is CCN(CC)CCN(C(=O)c1ccc(S(=O)(=O)N(C)Cc2ccccc2)cc1)c1nc2ccccc2s1.Cl. The summed E-state index contributed by atoms with van der Waals surface area (Å²) in [7, 11) is -2.15. The van der Waals surface area contributed by atoms with Crippen molar-refractivity contribution in [1.82, 2.24) is 14.2 Å². The highest BCUT2D eigenvalue weighted by atomic mass is 35.5. The third-order valence-electron chi connectivity index (χ3n) is 6.35. The highest BCUT2D eigenvalue weighted by molar-refractivity contribution is 7.89. The van der Waals surface area contributed by atoms with Gasteiger partial charge in [-0.15, -0.1) is 12.4 Å². The van der Waals surface area contributed by atoms with Crippen molar-refractivity contribution < 1.29 is 13.2 Å². The second-order valence-electron chi connectivity index (χ2n) is 8.72. The molecule has 0 N–H and O–H groups in total. The number of aromatic nitrogens is 1. The Morgan fingerprint density at radius 2 is 1.50 bits per heavy atom. The largest absolute Gasteiger partial charge is 0.302 e. The van der Waals surface area contributed by atoms with Crippen LogP contribution in [0.4, 0.5) is 5.13 Å². The molecular formula is C28H33ClN4O3S2. The molecule has 4 rings (SSSR count). The average Bonchev–Trinajstić information content (AvgIpc) is 3.35. The Kier molecular flexibility index (Phi) is 10.4. The first-order chi connectivity index (χ1) is 17.8. The Labute approximate surface area is 235 Å². The molecule has 1 heterocycles. The summed E-state index contributed by atoms with van der Waals surface area (Å²) in [4.78, 5) is 22.5. The van der Waals surface area contributed by atoms with Crippen molar-refractivity contribution >= 4 is 55.0 Å². The van der Waals surface area contributed by atoms with E-state index in [1.54, 1.807) is 24.1 Å². The van der Waals surface area contributed by atoms with E-state index in [9.17, 15) is 13.2 Å². The van der Waals surface area contributed by atoms with Crippen LogP contribution in [-0.4, -0.2) is 61.7 Å². The smallest absolute Gasteiger partial charge is 0.260 e. The Hall–Kier alpha value is -2.82. The number of likely N-dealkylation sites (N-methyl/N-ethyl adjacent to an activating group) is 1. The molecule has 0 aliphatic heterocycles. The summed E-state index contributed by atoms with van der Waals surface area (Å²) in [6.07, 6.45) is 0. The number of rotatable bonds is 11. The molecule has 38 heavy (non-hydrogen) atoms. The van der Waals surface area contributed by atoms with Crippen molar-refractivity contribution in [1.29, 1.82) is 0 Å². The van der Waals surface area contributed by atoms with Crippen LogP contribution in [-0.2, 0) is 16.6 Å². The highest BCUT2D eigenvalue weighted by Gasteiger charge is 2.24. The average molecular weight is 573 g/mol. The topological polar surface area (TPSA) is 73.8 Å². The van der Waals surface area contributed by atoms with Gasteiger partial charge in [0, 0.05) is 32.2 Å². The minimum absolute atomic E-state index is 0. The van der Waals surface area contributed by atoms with Gasteiger partial charge < -0.3 is 4.90 Å². The summed E-state index contributed by atoms with van der Waals surface area (Å²) in [5, 5.41) is 0.637. The number of nitrogens with zero attached hydrogens (tertiary/aromatic N) is 4. The van der Waals surface area contributed by atoms with Crippen LogP contribution in [0.3, 0.4) is 0 Å². The molecule has 7 nitrogen and oxygen atoms in total. The fraction of sp³-hybridized carbons (Fsp3) is 0.286. The zero-order valence-corrected chi connectivity index (χ0v) is 24.2. The van der Waals surface area contributed by atoms with Crippen LogP contribution < -0.4 is 4.90 Å². The lowest BCUT2D eigenvalue weighted by molar-refractivity contribution is 0.0983. The summed E-state index contributed by atoms with van der Waals surface area (Å²) >= 11 is 1.48. The third kappa shape index (κ3) is 6.78. The maximum Gasteiger partial charge on any atom is 0.260 e. The molecule has 0 unspecified atom stereocenters. The van der Waals surface area contributed by atoms with Crippen LogP contribution in [0.1, 0.15) is 29.8 Å². The molecule has 0 atom stereocenters. The molecule has 1 aromatic heterocycles. The van der Waals surface area contributed by atoms with E-state index >= 15 is 0 Å². The normalized spacial score (nSPS) is 11.6. The molecule has 202 valence electrons. The molecule has 1 amide bonds. The van der Waals surface area contributed by atoms with Gasteiger partial charge in [0.25, 0.3) is 5.91 Å². The predicted octanol–water partition coefficient (Wildman–Crippen LogP) is 5.53. The number of amides is 1. The van der Waals surface area contributed by atoms with Gasteiger partial charge in [0.15, 0.2) is 5.13 Å². The van der Waals surface area contributed by atoms with E-state index in [2.05, 4.69) is 18.7 Å². The van der Waals surface area contributed by atoms with E-state index in [1.807, 2.05) is 54.6 Å². The van der Waals surface area contributed by atoms with Crippen LogP contribution in [0.25, 0.3) is 10.2 Å². The standard InChI is InChI=1S/C28H32N4O3S2.ClH/c1-4-31(5-2)19-20-32(28-29-25-13-9-10-14-26(25)36-28)27(33)23-15-17-24(18-16-23)37(34,35)30(3)21-22-11-7-6-8-12-22;/h6-18H,4-5,19-21H2,1-3H3;1H. The zero-order chi connectivity index (χ0) is 26.4. The van der Waals surface area contributed by atoms with Crippen molar-refractivity contribution in [2.24, 2.45) is 0 Å². The van der Waals surface area contributed by atoms with E-state index in [-0.39, 0.29) is 29.8 Å². The molecule has 0 aliphatic rings. The van der Waals surface area contributed by atoms with E-state index in [4.69, 9.17) is 4.98 Å². The number of fused-ring (bicyclic) bond motifs is 1. The molecule has 0 radical (unpaired) electrons. The van der Waals surface area contributed by atoms with Crippen molar-refractivity contribution in [2.45, 2.75) is 25.3 Å². The molecule has 10 heteroatoms. The summed E-state index contributed by atoms with van der Waals surface area (Å²) < 4.78 is 28.6. The van der Waals surface area contributed by atoms with E-state index in [0.29, 0.717) is 23.8 Å². The fourth-order valence-corrected chi connectivity index (χ4v) is 6.22. The summed E-state index contributed by atoms with van der Waals surface area (Å²) in [5.74, 6) is -0.201. The highest BCUT2D eigenvalue weighted by Crippen LogP contribution is 2.30. The molecule has 4 aromatic rings. The second kappa shape index (κ2) is 13.3. The predicted molar refractivity (Wildman–Crippen MR) is 158 cm³/mol. The van der Waals surface area contributed by atoms with Crippen LogP contribution in [0, 0.1) is 0 Å². The van der Waals surface area contributed by atoms with Gasteiger partial charge in [-0.1, -0.05) is 67.6 Å². The fourth-order valence-electron chi connectivity index (χ4n) is 4.07. The Bertz CT molecular complexity index is 1410. The maximum absolute atomic E-state index is 13.7. The second-order valence-corrected chi connectivity index (χ2v) is 11.8. The lowest BCUT2D eigenvalue weighted by atomic mass is 10.2. The molecule has 0 bridgehead atoms. The number of benzene rings is 3. The first-order valence-corrected chi connectivity index (χ1v) is 14.6. The molecule has 0 aliphatic carbocycles. The van der Waals surface area contributed by atoms with Gasteiger partial charge in [0.1, 0.15) is 0 Å². The molecule has 0 fully saturated rings. The number of hydrogen-bond acceptors (Lipinski definition) is 6. The third-order valence-corrected chi connectivity index (χ3v) is 9.23. The molecule has 3 aromatic carbocycles. The Morgan fingerprint density at radius 1 is 0.868 bits per heavy atom. The number of thiazole rings is 1. The van der Waals surface area contributed by atoms with Crippen molar-refractivity contribution in [3.05, 3.63) is 90.0 Å². The number of para-hydroxylation sites is 1. The number of carbonyl (C=O) groups is 1. The van der Waals surface area contributed by atoms with Crippen molar-refractivity contribution in [3.63, 3.8) is 0 Å². The van der Waals surface area contributed by atoms with Gasteiger partial charge in [0.05, 0.1) is 15.1 Å². The van der Waals surface area contributed by atoms with Gasteiger partial charge >= 0.3 is 0 Å². The summed E-state index contributed by atoms with van der Waals surface area (Å²) in [5.41, 5.74) is 2.18. The quantitative estimate of drug-likeness (QED) is 0.236. The molecular weight excluding hydrogens is 540 g/mol. The lowest BCUT2D eigenvalue weighted by Crippen LogP contribution is -2.38. The summed E-state index contributed by atoms with van der Waals surface area (Å²) in [6, 6.07) is 23.5. The maximum atomic E-state index is 13.7. The first-order valence-electron chi connectivity index (χ1n) is 12.3. The van der Waals surface area contributed by atoms with E-state index in [1.165, 1.54) is 27.8 Å². The monoisotopic (exact) mass is 572 g/mol. The van der Waals surface area contributed by atoms with Gasteiger partial charge in [-0.05, 0) is 55.1 Å². The number of halogens is 1. The number of sulfonamides is 1. The van der Waals surface area contributed by atoms with Crippen LogP contribution in [0.5, 0.6) is 0 Å². The Balaban J connectivity index is 0.00000400. The van der Waals surface area contributed by atoms with Crippen LogP contribution in [0.15, 0.2) is 83.8 Å². The van der Waals surface area contributed by atoms with E-state index < -0.39 is 10.0 Å². The first kappa shape index (κ1) is 29.7. The van der Waals surface area contributed by atoms with Gasteiger partial charge in [0.2, 0.25) is 10.0 Å². The minimum Gasteiger partial charge on any atom is -0.302 e. The minimum atomic E-state index is -3.71. The molecule has 0 saturated heterocycles. The van der Waals surface area contributed by atoms with Crippen LogP contribution in [0.2, 0.25) is 0 Å². The summed E-state index contributed by atoms with van der Waals surface area (Å²) in [6.45, 7) is 7.44.